The maximum atomic E-state index is 12.1. The van der Waals surface area contributed by atoms with Crippen molar-refractivity contribution in [3.05, 3.63) is 41.7 Å². The second-order valence-corrected chi connectivity index (χ2v) is 12.3. The fourth-order valence-corrected chi connectivity index (χ4v) is 5.26. The molecule has 230 valence electrons. The SMILES string of the molecule is Cc1nn(-c2cc(-n3nc(C)c(N=Nc4c(S(C)(=O)=O)cnn4C)c3N)ncn2)c(N)c1N=Nc1c(CS(=O)[O-])cnn1C. The number of aromatic nitrogens is 10. The first kappa shape index (κ1) is 30.2. The van der Waals surface area contributed by atoms with Crippen molar-refractivity contribution in [3.63, 3.8) is 0 Å². The first-order valence-electron chi connectivity index (χ1n) is 12.4. The molecule has 5 aromatic rings. The topological polar surface area (TPSA) is 273 Å². The van der Waals surface area contributed by atoms with Gasteiger partial charge in [0.15, 0.2) is 56.1 Å². The summed E-state index contributed by atoms with van der Waals surface area (Å²) in [4.78, 5) is 8.42. The molecule has 0 aromatic carbocycles. The highest BCUT2D eigenvalue weighted by atomic mass is 32.2. The zero-order valence-corrected chi connectivity index (χ0v) is 25.5. The molecule has 5 rings (SSSR count). The van der Waals surface area contributed by atoms with Crippen LogP contribution in [0.3, 0.4) is 0 Å². The molecule has 44 heavy (non-hydrogen) atoms. The fourth-order valence-electron chi connectivity index (χ4n) is 4.05. The average Bonchev–Trinajstić information content (AvgIpc) is 3.66. The molecular weight excluding hydrogens is 616 g/mol. The quantitative estimate of drug-likeness (QED) is 0.172. The third-order valence-electron chi connectivity index (χ3n) is 6.22. The van der Waals surface area contributed by atoms with Crippen molar-refractivity contribution in [2.75, 3.05) is 17.7 Å². The molecule has 0 aliphatic heterocycles. The van der Waals surface area contributed by atoms with Crippen LogP contribution in [0.4, 0.5) is 34.6 Å². The van der Waals surface area contributed by atoms with E-state index in [1.165, 1.54) is 50.6 Å². The molecule has 1 atom stereocenters. The largest absolute Gasteiger partial charge is 0.772 e. The highest BCUT2D eigenvalue weighted by Gasteiger charge is 2.21. The van der Waals surface area contributed by atoms with Crippen molar-refractivity contribution in [1.29, 1.82) is 0 Å². The maximum Gasteiger partial charge on any atom is 0.191 e. The summed E-state index contributed by atoms with van der Waals surface area (Å²) in [6.07, 6.45) is 4.90. The van der Waals surface area contributed by atoms with Gasteiger partial charge in [0.1, 0.15) is 11.2 Å². The summed E-state index contributed by atoms with van der Waals surface area (Å²) in [5.74, 6) is 0.676. The second-order valence-electron chi connectivity index (χ2n) is 9.39. The van der Waals surface area contributed by atoms with Gasteiger partial charge in [-0.3, -0.25) is 4.21 Å². The summed E-state index contributed by atoms with van der Waals surface area (Å²) in [6.45, 7) is 3.32. The molecule has 0 saturated heterocycles. The number of nitrogens with zero attached hydrogens (tertiary/aromatic N) is 14. The van der Waals surface area contributed by atoms with Gasteiger partial charge in [-0.2, -0.15) is 29.8 Å². The Morgan fingerprint density at radius 3 is 1.89 bits per heavy atom. The van der Waals surface area contributed by atoms with Crippen LogP contribution in [0.15, 0.2) is 50.1 Å². The van der Waals surface area contributed by atoms with E-state index in [1.807, 2.05) is 0 Å². The Morgan fingerprint density at radius 1 is 0.864 bits per heavy atom. The summed E-state index contributed by atoms with van der Waals surface area (Å²) >= 11 is -2.34. The van der Waals surface area contributed by atoms with Gasteiger partial charge in [0.05, 0.1) is 23.8 Å². The zero-order valence-electron chi connectivity index (χ0n) is 23.9. The molecule has 22 heteroatoms. The minimum Gasteiger partial charge on any atom is -0.772 e. The molecular formula is C22H25N16O4S2-. The number of sulfone groups is 1. The van der Waals surface area contributed by atoms with Gasteiger partial charge in [0.25, 0.3) is 0 Å². The molecule has 20 nitrogen and oxygen atoms in total. The summed E-state index contributed by atoms with van der Waals surface area (Å²) in [5, 5.41) is 33.4. The molecule has 5 heterocycles. The lowest BCUT2D eigenvalue weighted by atomic mass is 10.4. The first-order chi connectivity index (χ1) is 20.8. The van der Waals surface area contributed by atoms with Crippen molar-refractivity contribution in [1.82, 2.24) is 49.1 Å². The average molecular weight is 642 g/mol. The van der Waals surface area contributed by atoms with E-state index in [4.69, 9.17) is 11.5 Å². The predicted octanol–water partition coefficient (Wildman–Crippen LogP) is 1.71. The molecule has 0 amide bonds. The van der Waals surface area contributed by atoms with Crippen molar-refractivity contribution < 1.29 is 17.2 Å². The first-order valence-corrected chi connectivity index (χ1v) is 15.5. The Labute approximate surface area is 251 Å². The molecule has 0 aliphatic rings. The Hall–Kier alpha value is -5.22. The third kappa shape index (κ3) is 5.71. The Morgan fingerprint density at radius 2 is 1.36 bits per heavy atom. The molecule has 5 aromatic heterocycles. The zero-order chi connectivity index (χ0) is 31.9. The van der Waals surface area contributed by atoms with Crippen molar-refractivity contribution in [2.45, 2.75) is 24.5 Å². The Kier molecular flexibility index (Phi) is 7.88. The predicted molar refractivity (Wildman–Crippen MR) is 155 cm³/mol. The van der Waals surface area contributed by atoms with E-state index in [0.717, 1.165) is 6.26 Å². The maximum absolute atomic E-state index is 12.1. The summed E-state index contributed by atoms with van der Waals surface area (Å²) in [5.41, 5.74) is 14.3. The van der Waals surface area contributed by atoms with Crippen molar-refractivity contribution in [3.8, 4) is 11.6 Å². The number of hydrogen-bond acceptors (Lipinski definition) is 16. The highest BCUT2D eigenvalue weighted by Crippen LogP contribution is 2.33. The van der Waals surface area contributed by atoms with Gasteiger partial charge in [-0.1, -0.05) is 11.1 Å². The van der Waals surface area contributed by atoms with E-state index < -0.39 is 20.9 Å². The normalized spacial score (nSPS) is 13.0. The van der Waals surface area contributed by atoms with E-state index in [-0.39, 0.29) is 56.9 Å². The number of nitrogen functional groups attached to an aromatic ring is 2. The van der Waals surface area contributed by atoms with Gasteiger partial charge in [-0.05, 0) is 13.8 Å². The molecule has 4 N–H and O–H groups in total. The lowest BCUT2D eigenvalue weighted by molar-refractivity contribution is 0.536. The minimum absolute atomic E-state index is 0.0286. The van der Waals surface area contributed by atoms with Gasteiger partial charge in [-0.25, -0.2) is 27.7 Å². The summed E-state index contributed by atoms with van der Waals surface area (Å²) in [6, 6.07) is 1.53. The monoisotopic (exact) mass is 641 g/mol. The van der Waals surface area contributed by atoms with Crippen LogP contribution < -0.4 is 11.5 Å². The number of aryl methyl sites for hydroxylation is 4. The van der Waals surface area contributed by atoms with Gasteiger partial charge < -0.3 is 16.0 Å². The molecule has 0 bridgehead atoms. The minimum atomic E-state index is -3.60. The van der Waals surface area contributed by atoms with Crippen LogP contribution in [0.2, 0.25) is 0 Å². The van der Waals surface area contributed by atoms with Crippen molar-refractivity contribution >= 4 is 55.6 Å². The lowest BCUT2D eigenvalue weighted by Gasteiger charge is -2.06. The number of azo groups is 2. The van der Waals surface area contributed by atoms with Gasteiger partial charge in [0, 0.05) is 37.7 Å². The number of hydrogen-bond donors (Lipinski definition) is 2. The number of anilines is 2. The lowest BCUT2D eigenvalue weighted by Crippen LogP contribution is -2.09. The molecule has 1 unspecified atom stereocenters. The van der Waals surface area contributed by atoms with Gasteiger partial charge >= 0.3 is 0 Å². The summed E-state index contributed by atoms with van der Waals surface area (Å²) < 4.78 is 51.8. The highest BCUT2D eigenvalue weighted by molar-refractivity contribution is 7.90. The van der Waals surface area contributed by atoms with E-state index in [1.54, 1.807) is 20.9 Å². The smallest absolute Gasteiger partial charge is 0.191 e. The summed E-state index contributed by atoms with van der Waals surface area (Å²) in [7, 11) is -0.456. The van der Waals surface area contributed by atoms with Crippen LogP contribution >= 0.6 is 0 Å². The third-order valence-corrected chi connectivity index (χ3v) is 7.85. The molecule has 0 saturated carbocycles. The molecule has 0 spiro atoms. The van der Waals surface area contributed by atoms with Crippen LogP contribution in [0.25, 0.3) is 11.6 Å². The Balaban J connectivity index is 1.47. The van der Waals surface area contributed by atoms with Crippen LogP contribution in [0, 0.1) is 13.8 Å². The van der Waals surface area contributed by atoms with E-state index in [9.17, 15) is 17.2 Å². The number of rotatable bonds is 9. The molecule has 0 aliphatic carbocycles. The van der Waals surface area contributed by atoms with Crippen LogP contribution in [0.1, 0.15) is 17.0 Å². The second kappa shape index (κ2) is 11.5. The Bertz CT molecular complexity index is 2090. The molecule has 0 fully saturated rings. The fraction of sp³-hybridized carbons (Fsp3) is 0.273. The van der Waals surface area contributed by atoms with Crippen LogP contribution in [-0.2, 0) is 40.8 Å². The van der Waals surface area contributed by atoms with E-state index in [0.29, 0.717) is 17.0 Å². The molecule has 0 radical (unpaired) electrons. The number of nitrogens with two attached hydrogens (primary N) is 2. The van der Waals surface area contributed by atoms with Crippen LogP contribution in [-0.4, -0.2) is 72.5 Å². The van der Waals surface area contributed by atoms with E-state index >= 15 is 0 Å². The standard InChI is InChI=1S/C22H26N16O4S2/c1-11-17(29-31-21-13(9-43(39)40)7-27-35(21)3)19(23)37(33-11)15-6-16(26-10-25-15)38-20(24)18(12(2)34-38)30-32-22-14(44(5,41)42)8-28-36(22)4/h6-8,10H,9,23-24H2,1-5H3,(H,39,40)/p-1. The van der Waals surface area contributed by atoms with Crippen LogP contribution in [0.5, 0.6) is 0 Å². The van der Waals surface area contributed by atoms with Crippen molar-refractivity contribution in [2.24, 2.45) is 34.6 Å². The van der Waals surface area contributed by atoms with Gasteiger partial charge in [0.2, 0.25) is 0 Å². The van der Waals surface area contributed by atoms with Gasteiger partial charge in [-0.15, -0.1) is 20.5 Å². The van der Waals surface area contributed by atoms with E-state index in [2.05, 4.69) is 50.8 Å².